The van der Waals surface area contributed by atoms with Gasteiger partial charge in [-0.05, 0) is 49.1 Å². The van der Waals surface area contributed by atoms with Crippen molar-refractivity contribution in [1.29, 1.82) is 0 Å². The summed E-state index contributed by atoms with van der Waals surface area (Å²) in [6.45, 7) is 8.46. The number of para-hydroxylation sites is 1. The summed E-state index contributed by atoms with van der Waals surface area (Å²) in [4.78, 5) is 11.5. The van der Waals surface area contributed by atoms with Gasteiger partial charge in [0, 0.05) is 12.0 Å². The summed E-state index contributed by atoms with van der Waals surface area (Å²) < 4.78 is 11.3. The first kappa shape index (κ1) is 17.1. The smallest absolute Gasteiger partial charge is 0.310 e. The third-order valence-corrected chi connectivity index (χ3v) is 3.88. The van der Waals surface area contributed by atoms with E-state index in [2.05, 4.69) is 32.9 Å². The van der Waals surface area contributed by atoms with Crippen LogP contribution in [0.25, 0.3) is 0 Å². The molecule has 2 aromatic carbocycles. The van der Waals surface area contributed by atoms with E-state index in [1.54, 1.807) is 13.0 Å². The maximum Gasteiger partial charge on any atom is 0.310 e. The third kappa shape index (κ3) is 4.35. The molecule has 0 heterocycles. The van der Waals surface area contributed by atoms with Crippen molar-refractivity contribution < 1.29 is 14.3 Å². The Labute approximate surface area is 138 Å². The molecular formula is C20H24O3. The predicted molar refractivity (Wildman–Crippen MR) is 92.0 cm³/mol. The van der Waals surface area contributed by atoms with Crippen LogP contribution in [0.2, 0.25) is 0 Å². The molecule has 122 valence electrons. The Bertz CT molecular complexity index is 689. The van der Waals surface area contributed by atoms with Gasteiger partial charge in [-0.15, -0.1) is 0 Å². The number of carbonyl (C=O) groups is 1. The molecule has 0 bridgehead atoms. The highest BCUT2D eigenvalue weighted by atomic mass is 16.5. The van der Waals surface area contributed by atoms with Crippen LogP contribution in [0.3, 0.4) is 0 Å². The van der Waals surface area contributed by atoms with Crippen molar-refractivity contribution in [2.45, 2.75) is 47.1 Å². The van der Waals surface area contributed by atoms with Gasteiger partial charge in [-0.2, -0.15) is 0 Å². The Hall–Kier alpha value is -2.29. The molecule has 0 aliphatic heterocycles. The number of benzene rings is 2. The second-order valence-electron chi connectivity index (χ2n) is 5.62. The van der Waals surface area contributed by atoms with E-state index >= 15 is 0 Å². The van der Waals surface area contributed by atoms with E-state index in [1.807, 2.05) is 18.2 Å². The average molecular weight is 312 g/mol. The maximum atomic E-state index is 11.5. The van der Waals surface area contributed by atoms with Crippen LogP contribution in [0.5, 0.6) is 11.5 Å². The Morgan fingerprint density at radius 3 is 2.39 bits per heavy atom. The highest BCUT2D eigenvalue weighted by Crippen LogP contribution is 2.26. The van der Waals surface area contributed by atoms with Crippen molar-refractivity contribution in [2.24, 2.45) is 0 Å². The Kier molecular flexibility index (Phi) is 5.80. The predicted octanol–water partition coefficient (Wildman–Crippen LogP) is 4.76. The molecule has 0 saturated carbocycles. The van der Waals surface area contributed by atoms with Crippen LogP contribution < -0.4 is 9.47 Å². The van der Waals surface area contributed by atoms with Crippen LogP contribution in [0.1, 0.15) is 42.5 Å². The molecule has 0 atom stereocenters. The van der Waals surface area contributed by atoms with Crippen LogP contribution in [0.15, 0.2) is 36.4 Å². The molecule has 0 aliphatic carbocycles. The largest absolute Gasteiger partial charge is 0.488 e. The van der Waals surface area contributed by atoms with E-state index in [4.69, 9.17) is 9.47 Å². The molecule has 0 unspecified atom stereocenters. The van der Waals surface area contributed by atoms with Crippen LogP contribution in [0.4, 0.5) is 0 Å². The lowest BCUT2D eigenvalue weighted by atomic mass is 10.0. The Balaban J connectivity index is 2.15. The van der Waals surface area contributed by atoms with Crippen LogP contribution in [-0.4, -0.2) is 5.97 Å². The van der Waals surface area contributed by atoms with Gasteiger partial charge in [-0.3, -0.25) is 4.79 Å². The van der Waals surface area contributed by atoms with E-state index in [1.165, 1.54) is 11.1 Å². The van der Waals surface area contributed by atoms with Crippen molar-refractivity contribution in [3.05, 3.63) is 58.7 Å². The number of aryl methyl sites for hydroxylation is 3. The molecule has 0 spiro atoms. The van der Waals surface area contributed by atoms with E-state index in [0.717, 1.165) is 23.3 Å². The minimum atomic E-state index is -0.239. The zero-order valence-electron chi connectivity index (χ0n) is 14.3. The lowest BCUT2D eigenvalue weighted by molar-refractivity contribution is -0.134. The highest BCUT2D eigenvalue weighted by Gasteiger charge is 2.10. The first-order chi connectivity index (χ1) is 11.0. The summed E-state index contributed by atoms with van der Waals surface area (Å²) >= 11 is 0. The third-order valence-electron chi connectivity index (χ3n) is 3.88. The molecule has 0 N–H and O–H groups in total. The number of esters is 1. The summed E-state index contributed by atoms with van der Waals surface area (Å²) in [6.07, 6.45) is 1.37. The van der Waals surface area contributed by atoms with Gasteiger partial charge in [0.2, 0.25) is 0 Å². The van der Waals surface area contributed by atoms with Crippen LogP contribution >= 0.6 is 0 Å². The fraction of sp³-hybridized carbons (Fsp3) is 0.350. The fourth-order valence-electron chi connectivity index (χ4n) is 2.46. The van der Waals surface area contributed by atoms with Gasteiger partial charge in [0.25, 0.3) is 0 Å². The van der Waals surface area contributed by atoms with Crippen LogP contribution in [0, 0.1) is 13.8 Å². The van der Waals surface area contributed by atoms with Gasteiger partial charge in [0.1, 0.15) is 18.1 Å². The summed E-state index contributed by atoms with van der Waals surface area (Å²) in [5.41, 5.74) is 4.56. The first-order valence-corrected chi connectivity index (χ1v) is 8.06. The molecule has 2 rings (SSSR count). The monoisotopic (exact) mass is 312 g/mol. The number of hydrogen-bond donors (Lipinski definition) is 0. The van der Waals surface area contributed by atoms with Gasteiger partial charge < -0.3 is 9.47 Å². The highest BCUT2D eigenvalue weighted by molar-refractivity contribution is 5.72. The quantitative estimate of drug-likeness (QED) is 0.570. The molecule has 0 saturated heterocycles. The van der Waals surface area contributed by atoms with E-state index in [0.29, 0.717) is 18.8 Å². The van der Waals surface area contributed by atoms with Crippen molar-refractivity contribution in [2.75, 3.05) is 0 Å². The Morgan fingerprint density at radius 2 is 1.70 bits per heavy atom. The van der Waals surface area contributed by atoms with Crippen molar-refractivity contribution in [3.63, 3.8) is 0 Å². The summed E-state index contributed by atoms with van der Waals surface area (Å²) in [5, 5.41) is 0. The van der Waals surface area contributed by atoms with Gasteiger partial charge in [-0.25, -0.2) is 0 Å². The van der Waals surface area contributed by atoms with Gasteiger partial charge in [0.15, 0.2) is 0 Å². The second-order valence-corrected chi connectivity index (χ2v) is 5.62. The average Bonchev–Trinajstić information content (AvgIpc) is 2.56. The zero-order valence-corrected chi connectivity index (χ0v) is 14.3. The van der Waals surface area contributed by atoms with E-state index < -0.39 is 0 Å². The molecule has 0 aliphatic rings. The number of carbonyl (C=O) groups excluding carboxylic acids is 1. The van der Waals surface area contributed by atoms with Crippen molar-refractivity contribution in [1.82, 2.24) is 0 Å². The Morgan fingerprint density at radius 1 is 0.957 bits per heavy atom. The van der Waals surface area contributed by atoms with E-state index in [-0.39, 0.29) is 5.97 Å². The minimum Gasteiger partial charge on any atom is -0.488 e. The minimum absolute atomic E-state index is 0.239. The normalized spacial score (nSPS) is 10.4. The lowest BCUT2D eigenvalue weighted by Gasteiger charge is -2.14. The maximum absolute atomic E-state index is 11.5. The molecule has 2 aromatic rings. The van der Waals surface area contributed by atoms with Gasteiger partial charge in [0.05, 0.1) is 0 Å². The molecular weight excluding hydrogens is 288 g/mol. The van der Waals surface area contributed by atoms with Crippen LogP contribution in [-0.2, 0) is 17.8 Å². The van der Waals surface area contributed by atoms with E-state index in [9.17, 15) is 4.79 Å². The molecule has 0 amide bonds. The number of hydrogen-bond acceptors (Lipinski definition) is 3. The van der Waals surface area contributed by atoms with Crippen molar-refractivity contribution >= 4 is 5.97 Å². The summed E-state index contributed by atoms with van der Waals surface area (Å²) in [6, 6.07) is 11.7. The zero-order chi connectivity index (χ0) is 16.8. The van der Waals surface area contributed by atoms with Crippen molar-refractivity contribution in [3.8, 4) is 11.5 Å². The molecule has 23 heavy (non-hydrogen) atoms. The topological polar surface area (TPSA) is 35.5 Å². The molecule has 3 nitrogen and oxygen atoms in total. The second kappa shape index (κ2) is 7.82. The number of ether oxygens (including phenoxy) is 2. The fourth-order valence-corrected chi connectivity index (χ4v) is 2.46. The molecule has 0 fully saturated rings. The molecule has 3 heteroatoms. The number of rotatable bonds is 6. The SMILES string of the molecule is CCC(=O)Oc1ccccc1COc1cc(C)c(CC)cc1C. The first-order valence-electron chi connectivity index (χ1n) is 8.06. The molecule has 0 radical (unpaired) electrons. The molecule has 0 aromatic heterocycles. The lowest BCUT2D eigenvalue weighted by Crippen LogP contribution is -2.08. The van der Waals surface area contributed by atoms with Gasteiger partial charge in [-0.1, -0.05) is 38.1 Å². The summed E-state index contributed by atoms with van der Waals surface area (Å²) in [5.74, 6) is 1.20. The standard InChI is InChI=1S/C20H24O3/c1-5-16-11-15(4)19(12-14(16)3)22-13-17-9-7-8-10-18(17)23-20(21)6-2/h7-12H,5-6,13H2,1-4H3. The van der Waals surface area contributed by atoms with Gasteiger partial charge >= 0.3 is 5.97 Å². The summed E-state index contributed by atoms with van der Waals surface area (Å²) in [7, 11) is 0.